The first-order valence-corrected chi connectivity index (χ1v) is 8.06. The van der Waals surface area contributed by atoms with Crippen LogP contribution in [0.1, 0.15) is 45.9 Å². The van der Waals surface area contributed by atoms with Crippen molar-refractivity contribution in [3.63, 3.8) is 0 Å². The van der Waals surface area contributed by atoms with E-state index in [4.69, 9.17) is 9.26 Å². The third-order valence-corrected chi connectivity index (χ3v) is 4.13. The maximum atomic E-state index is 12.8. The normalized spacial score (nSPS) is 14.8. The number of carbonyl (C=O) groups is 1. The summed E-state index contributed by atoms with van der Waals surface area (Å²) in [7, 11) is 0. The van der Waals surface area contributed by atoms with Gasteiger partial charge in [0.25, 0.3) is 0 Å². The zero-order valence-electron chi connectivity index (χ0n) is 12.4. The molecule has 1 heterocycles. The Kier molecular flexibility index (Phi) is 4.78. The van der Waals surface area contributed by atoms with Gasteiger partial charge in [-0.25, -0.2) is 0 Å². The predicted octanol–water partition coefficient (Wildman–Crippen LogP) is 4.62. The molecule has 0 unspecified atom stereocenters. The molecule has 0 amide bonds. The van der Waals surface area contributed by atoms with Crippen LogP contribution in [0.2, 0.25) is 0 Å². The summed E-state index contributed by atoms with van der Waals surface area (Å²) in [4.78, 5) is 12.8. The van der Waals surface area contributed by atoms with Crippen LogP contribution in [0.25, 0.3) is 0 Å². The second-order valence-electron chi connectivity index (χ2n) is 5.63. The summed E-state index contributed by atoms with van der Waals surface area (Å²) in [6, 6.07) is 4.79. The topological polar surface area (TPSA) is 52.3 Å². The van der Waals surface area contributed by atoms with Crippen molar-refractivity contribution < 1.29 is 27.2 Å². The van der Waals surface area contributed by atoms with Crippen molar-refractivity contribution in [1.82, 2.24) is 5.16 Å². The second kappa shape index (κ2) is 6.68. The molecule has 1 aromatic carbocycles. The number of hydrogen-bond donors (Lipinski definition) is 0. The number of aromatic nitrogens is 1. The van der Waals surface area contributed by atoms with E-state index in [0.29, 0.717) is 21.3 Å². The van der Waals surface area contributed by atoms with Crippen LogP contribution in [-0.2, 0) is 11.3 Å². The Morgan fingerprint density at radius 3 is 2.75 bits per heavy atom. The third kappa shape index (κ3) is 4.05. The number of hydrogen-bond acceptors (Lipinski definition) is 4. The van der Waals surface area contributed by atoms with Crippen molar-refractivity contribution in [2.24, 2.45) is 0 Å². The Labute approximate surface area is 144 Å². The fourth-order valence-electron chi connectivity index (χ4n) is 2.39. The molecule has 1 aliphatic rings. The molecule has 4 nitrogen and oxygen atoms in total. The van der Waals surface area contributed by atoms with Crippen LogP contribution in [0.5, 0.6) is 0 Å². The Morgan fingerprint density at radius 2 is 2.08 bits per heavy atom. The van der Waals surface area contributed by atoms with Gasteiger partial charge in [-0.2, -0.15) is 13.2 Å². The number of benzene rings is 1. The molecule has 128 valence electrons. The largest absolute Gasteiger partial charge is 0.411 e. The van der Waals surface area contributed by atoms with Crippen LogP contribution in [0, 0.1) is 0 Å². The second-order valence-corrected chi connectivity index (χ2v) is 6.54. The van der Waals surface area contributed by atoms with Gasteiger partial charge >= 0.3 is 6.18 Å². The van der Waals surface area contributed by atoms with Gasteiger partial charge in [-0.05, 0) is 36.6 Å². The Balaban J connectivity index is 1.84. The summed E-state index contributed by atoms with van der Waals surface area (Å²) in [6.07, 6.45) is -1.22. The fraction of sp³-hybridized carbons (Fsp3) is 0.375. The van der Waals surface area contributed by atoms with E-state index in [9.17, 15) is 18.0 Å². The van der Waals surface area contributed by atoms with Crippen LogP contribution in [0.3, 0.4) is 0 Å². The molecule has 1 aliphatic carbocycles. The Morgan fingerprint density at radius 1 is 1.33 bits per heavy atom. The van der Waals surface area contributed by atoms with E-state index in [1.807, 2.05) is 0 Å². The molecular formula is C16H13BrF3NO3. The van der Waals surface area contributed by atoms with Gasteiger partial charge in [0.2, 0.25) is 0 Å². The molecule has 24 heavy (non-hydrogen) atoms. The van der Waals surface area contributed by atoms with Crippen molar-refractivity contribution in [3.05, 3.63) is 51.3 Å². The monoisotopic (exact) mass is 403 g/mol. The van der Waals surface area contributed by atoms with Crippen LogP contribution in [0.15, 0.2) is 33.5 Å². The van der Waals surface area contributed by atoms with Gasteiger partial charge in [0.15, 0.2) is 5.78 Å². The van der Waals surface area contributed by atoms with Gasteiger partial charge in [0, 0.05) is 16.0 Å². The minimum absolute atomic E-state index is 0.225. The number of ketones is 1. The lowest BCUT2D eigenvalue weighted by Crippen LogP contribution is -2.17. The molecule has 1 fully saturated rings. The molecule has 0 radical (unpaired) electrons. The fourth-order valence-corrected chi connectivity index (χ4v) is 2.80. The van der Waals surface area contributed by atoms with Crippen LogP contribution < -0.4 is 0 Å². The first-order chi connectivity index (χ1) is 11.3. The summed E-state index contributed by atoms with van der Waals surface area (Å²) >= 11 is 3.25. The van der Waals surface area contributed by atoms with Gasteiger partial charge < -0.3 is 9.26 Å². The molecule has 0 bridgehead atoms. The highest BCUT2D eigenvalue weighted by Crippen LogP contribution is 2.41. The van der Waals surface area contributed by atoms with E-state index in [0.717, 1.165) is 12.8 Å². The third-order valence-electron chi connectivity index (χ3n) is 3.64. The van der Waals surface area contributed by atoms with Gasteiger partial charge in [-0.3, -0.25) is 4.79 Å². The summed E-state index contributed by atoms with van der Waals surface area (Å²) in [5, 5.41) is 3.88. The van der Waals surface area contributed by atoms with E-state index >= 15 is 0 Å². The smallest absolute Gasteiger partial charge is 0.367 e. The van der Waals surface area contributed by atoms with Crippen molar-refractivity contribution >= 4 is 21.7 Å². The SMILES string of the molecule is O=C(c1ccc(Br)cc1COCC(F)(F)F)c1conc1C1CC1. The van der Waals surface area contributed by atoms with E-state index in [-0.39, 0.29) is 23.9 Å². The Hall–Kier alpha value is -1.67. The van der Waals surface area contributed by atoms with Crippen LogP contribution in [0.4, 0.5) is 13.2 Å². The predicted molar refractivity (Wildman–Crippen MR) is 81.8 cm³/mol. The molecule has 0 spiro atoms. The molecular weight excluding hydrogens is 391 g/mol. The van der Waals surface area contributed by atoms with Crippen molar-refractivity contribution in [2.45, 2.75) is 31.5 Å². The molecule has 0 saturated heterocycles. The number of carbonyl (C=O) groups excluding carboxylic acids is 1. The molecule has 2 aromatic rings. The van der Waals surface area contributed by atoms with Crippen LogP contribution in [-0.4, -0.2) is 23.7 Å². The molecule has 1 saturated carbocycles. The van der Waals surface area contributed by atoms with E-state index in [1.165, 1.54) is 6.26 Å². The molecule has 1 aromatic heterocycles. The highest BCUT2D eigenvalue weighted by atomic mass is 79.9. The lowest BCUT2D eigenvalue weighted by atomic mass is 9.98. The van der Waals surface area contributed by atoms with Gasteiger partial charge in [-0.1, -0.05) is 21.1 Å². The number of alkyl halides is 3. The zero-order valence-corrected chi connectivity index (χ0v) is 14.0. The Bertz CT molecular complexity index is 753. The first kappa shape index (κ1) is 17.2. The molecule has 3 rings (SSSR count). The average molecular weight is 404 g/mol. The molecule has 0 N–H and O–H groups in total. The molecule has 0 aliphatic heterocycles. The first-order valence-electron chi connectivity index (χ1n) is 7.27. The minimum atomic E-state index is -4.41. The highest BCUT2D eigenvalue weighted by molar-refractivity contribution is 9.10. The number of rotatable bonds is 6. The number of halogens is 4. The molecule has 8 heteroatoms. The van der Waals surface area contributed by atoms with Crippen molar-refractivity contribution in [3.8, 4) is 0 Å². The standard InChI is InChI=1S/C16H13BrF3NO3/c17-11-3-4-12(10(5-11)6-23-8-16(18,19)20)15(22)13-7-24-21-14(13)9-1-2-9/h3-5,7,9H,1-2,6,8H2. The maximum Gasteiger partial charge on any atom is 0.411 e. The van der Waals surface area contributed by atoms with Gasteiger partial charge in [0.1, 0.15) is 12.9 Å². The quantitative estimate of drug-likeness (QED) is 0.660. The zero-order chi connectivity index (χ0) is 17.3. The lowest BCUT2D eigenvalue weighted by molar-refractivity contribution is -0.176. The summed E-state index contributed by atoms with van der Waals surface area (Å²) in [5.74, 6) is -0.0978. The number of ether oxygens (including phenoxy) is 1. The summed E-state index contributed by atoms with van der Waals surface area (Å²) in [6.45, 7) is -1.68. The van der Waals surface area contributed by atoms with Crippen molar-refractivity contribution in [2.75, 3.05) is 6.61 Å². The summed E-state index contributed by atoms with van der Waals surface area (Å²) in [5.41, 5.74) is 1.63. The van der Waals surface area contributed by atoms with Gasteiger partial charge in [-0.15, -0.1) is 0 Å². The van der Waals surface area contributed by atoms with Gasteiger partial charge in [0.05, 0.1) is 17.9 Å². The molecule has 0 atom stereocenters. The highest BCUT2D eigenvalue weighted by Gasteiger charge is 2.32. The van der Waals surface area contributed by atoms with Crippen LogP contribution >= 0.6 is 15.9 Å². The van der Waals surface area contributed by atoms with E-state index < -0.39 is 12.8 Å². The van der Waals surface area contributed by atoms with E-state index in [2.05, 4.69) is 21.1 Å². The lowest BCUT2D eigenvalue weighted by Gasteiger charge is -2.11. The van der Waals surface area contributed by atoms with E-state index in [1.54, 1.807) is 18.2 Å². The number of nitrogens with zero attached hydrogens (tertiary/aromatic N) is 1. The summed E-state index contributed by atoms with van der Waals surface area (Å²) < 4.78 is 47.0. The maximum absolute atomic E-state index is 12.8. The average Bonchev–Trinajstić information content (AvgIpc) is 3.22. The minimum Gasteiger partial charge on any atom is -0.367 e. The van der Waals surface area contributed by atoms with Crippen molar-refractivity contribution in [1.29, 1.82) is 0 Å².